The molecule has 0 radical (unpaired) electrons. The summed E-state index contributed by atoms with van der Waals surface area (Å²) in [7, 11) is 0. The van der Waals surface area contributed by atoms with Gasteiger partial charge in [0.2, 0.25) is 0 Å². The number of rotatable bonds is 2. The summed E-state index contributed by atoms with van der Waals surface area (Å²) >= 11 is 0. The highest BCUT2D eigenvalue weighted by Crippen LogP contribution is 2.30. The molecule has 0 saturated carbocycles. The van der Waals surface area contributed by atoms with Crippen LogP contribution in [0.1, 0.15) is 5.56 Å². The van der Waals surface area contributed by atoms with Crippen LogP contribution in [0, 0.1) is 18.6 Å². The van der Waals surface area contributed by atoms with Crippen LogP contribution in [-0.4, -0.2) is 11.2 Å². The number of carbonyl (C=O) groups is 1. The summed E-state index contributed by atoms with van der Waals surface area (Å²) in [5.74, 6) is -0.860. The number of hydrogen-bond acceptors (Lipinski definition) is 1. The predicted molar refractivity (Wildman–Crippen MR) is 68.2 cm³/mol. The predicted octanol–water partition coefficient (Wildman–Crippen LogP) is 4.03. The van der Waals surface area contributed by atoms with E-state index < -0.39 is 11.9 Å². The third kappa shape index (κ3) is 2.88. The zero-order chi connectivity index (χ0) is 14.0. The largest absolute Gasteiger partial charge is 0.465 e. The van der Waals surface area contributed by atoms with E-state index in [-0.39, 0.29) is 11.5 Å². The van der Waals surface area contributed by atoms with E-state index in [1.54, 1.807) is 6.92 Å². The summed E-state index contributed by atoms with van der Waals surface area (Å²) < 4.78 is 26.5. The van der Waals surface area contributed by atoms with E-state index in [0.29, 0.717) is 16.7 Å². The molecule has 19 heavy (non-hydrogen) atoms. The maximum absolute atomic E-state index is 13.3. The van der Waals surface area contributed by atoms with Crippen molar-refractivity contribution in [3.05, 3.63) is 53.6 Å². The van der Waals surface area contributed by atoms with Crippen LogP contribution in [0.4, 0.5) is 19.3 Å². The average Bonchev–Trinajstić information content (AvgIpc) is 2.34. The molecule has 2 N–H and O–H groups in total. The molecular formula is C14H11F2NO2. The highest BCUT2D eigenvalue weighted by Gasteiger charge is 2.10. The van der Waals surface area contributed by atoms with Crippen molar-refractivity contribution in [3.63, 3.8) is 0 Å². The highest BCUT2D eigenvalue weighted by molar-refractivity contribution is 5.90. The molecule has 2 rings (SSSR count). The standard InChI is InChI=1S/C14H11F2NO2/c1-8-6-9(2-4-12(8)16)11-7-10(15)3-5-13(11)17-14(18)19/h2-7,17H,1H3,(H,18,19). The minimum atomic E-state index is -1.24. The monoisotopic (exact) mass is 263 g/mol. The topological polar surface area (TPSA) is 49.3 Å². The van der Waals surface area contributed by atoms with Gasteiger partial charge >= 0.3 is 6.09 Å². The lowest BCUT2D eigenvalue weighted by Crippen LogP contribution is -2.08. The Morgan fingerprint density at radius 3 is 2.53 bits per heavy atom. The van der Waals surface area contributed by atoms with Crippen LogP contribution >= 0.6 is 0 Å². The van der Waals surface area contributed by atoms with Gasteiger partial charge in [-0.05, 0) is 48.4 Å². The maximum Gasteiger partial charge on any atom is 0.409 e. The van der Waals surface area contributed by atoms with Gasteiger partial charge in [0.25, 0.3) is 0 Å². The van der Waals surface area contributed by atoms with Gasteiger partial charge in [-0.15, -0.1) is 0 Å². The van der Waals surface area contributed by atoms with E-state index in [2.05, 4.69) is 5.32 Å². The molecule has 0 aliphatic rings. The first-order valence-electron chi connectivity index (χ1n) is 5.53. The number of aryl methyl sites for hydroxylation is 1. The van der Waals surface area contributed by atoms with Crippen LogP contribution in [0.15, 0.2) is 36.4 Å². The molecule has 1 amide bonds. The third-order valence-corrected chi connectivity index (χ3v) is 2.69. The molecule has 2 aromatic carbocycles. The van der Waals surface area contributed by atoms with Crippen molar-refractivity contribution in [3.8, 4) is 11.1 Å². The third-order valence-electron chi connectivity index (χ3n) is 2.69. The normalized spacial score (nSPS) is 10.3. The van der Waals surface area contributed by atoms with E-state index in [1.807, 2.05) is 0 Å². The van der Waals surface area contributed by atoms with Gasteiger partial charge in [-0.3, -0.25) is 5.32 Å². The molecule has 0 heterocycles. The molecule has 0 unspecified atom stereocenters. The van der Waals surface area contributed by atoms with E-state index in [9.17, 15) is 13.6 Å². The van der Waals surface area contributed by atoms with Gasteiger partial charge in [0.1, 0.15) is 11.6 Å². The van der Waals surface area contributed by atoms with Crippen LogP contribution in [0.2, 0.25) is 0 Å². The van der Waals surface area contributed by atoms with E-state index in [1.165, 1.54) is 30.3 Å². The fourth-order valence-corrected chi connectivity index (χ4v) is 1.79. The lowest BCUT2D eigenvalue weighted by molar-refractivity contribution is 0.210. The summed E-state index contributed by atoms with van der Waals surface area (Å²) in [6, 6.07) is 7.97. The number of amides is 1. The molecule has 0 spiro atoms. The number of carboxylic acid groups (broad SMARTS) is 1. The Morgan fingerprint density at radius 1 is 1.16 bits per heavy atom. The van der Waals surface area contributed by atoms with Crippen molar-refractivity contribution in [1.82, 2.24) is 0 Å². The van der Waals surface area contributed by atoms with Crippen molar-refractivity contribution >= 4 is 11.8 Å². The van der Waals surface area contributed by atoms with Crippen molar-refractivity contribution in [2.24, 2.45) is 0 Å². The Morgan fingerprint density at radius 2 is 1.89 bits per heavy atom. The first-order chi connectivity index (χ1) is 8.97. The van der Waals surface area contributed by atoms with Crippen LogP contribution in [0.5, 0.6) is 0 Å². The molecule has 98 valence electrons. The van der Waals surface area contributed by atoms with Crippen LogP contribution in [0.3, 0.4) is 0 Å². The summed E-state index contributed by atoms with van der Waals surface area (Å²) in [6.07, 6.45) is -1.24. The molecule has 0 bridgehead atoms. The number of nitrogens with one attached hydrogen (secondary N) is 1. The van der Waals surface area contributed by atoms with Gasteiger partial charge in [-0.25, -0.2) is 13.6 Å². The van der Waals surface area contributed by atoms with E-state index >= 15 is 0 Å². The smallest absolute Gasteiger partial charge is 0.409 e. The molecule has 0 aliphatic carbocycles. The number of halogens is 2. The average molecular weight is 263 g/mol. The van der Waals surface area contributed by atoms with Gasteiger partial charge in [0.15, 0.2) is 0 Å². The zero-order valence-corrected chi connectivity index (χ0v) is 10.1. The van der Waals surface area contributed by atoms with Crippen molar-refractivity contribution in [2.75, 3.05) is 5.32 Å². The van der Waals surface area contributed by atoms with Gasteiger partial charge in [0, 0.05) is 5.56 Å². The first kappa shape index (κ1) is 13.0. The van der Waals surface area contributed by atoms with Gasteiger partial charge in [-0.2, -0.15) is 0 Å². The molecule has 0 aliphatic heterocycles. The molecular weight excluding hydrogens is 252 g/mol. The Kier molecular flexibility index (Phi) is 3.46. The molecule has 2 aromatic rings. The quantitative estimate of drug-likeness (QED) is 0.859. The van der Waals surface area contributed by atoms with E-state index in [0.717, 1.165) is 6.07 Å². The van der Waals surface area contributed by atoms with Gasteiger partial charge in [-0.1, -0.05) is 6.07 Å². The van der Waals surface area contributed by atoms with Crippen molar-refractivity contribution in [1.29, 1.82) is 0 Å². The summed E-state index contributed by atoms with van der Waals surface area (Å²) in [6.45, 7) is 1.59. The first-order valence-corrected chi connectivity index (χ1v) is 5.53. The number of benzene rings is 2. The maximum atomic E-state index is 13.3. The summed E-state index contributed by atoms with van der Waals surface area (Å²) in [4.78, 5) is 10.7. The minimum absolute atomic E-state index is 0.250. The second-order valence-corrected chi connectivity index (χ2v) is 4.08. The van der Waals surface area contributed by atoms with Crippen LogP contribution in [0.25, 0.3) is 11.1 Å². The van der Waals surface area contributed by atoms with Crippen molar-refractivity contribution in [2.45, 2.75) is 6.92 Å². The lowest BCUT2D eigenvalue weighted by Gasteiger charge is -2.10. The van der Waals surface area contributed by atoms with Gasteiger partial charge in [0.05, 0.1) is 5.69 Å². The molecule has 0 atom stereocenters. The second kappa shape index (κ2) is 5.06. The molecule has 3 nitrogen and oxygen atoms in total. The number of hydrogen-bond donors (Lipinski definition) is 2. The fourth-order valence-electron chi connectivity index (χ4n) is 1.79. The van der Waals surface area contributed by atoms with E-state index in [4.69, 9.17) is 5.11 Å². The fraction of sp³-hybridized carbons (Fsp3) is 0.0714. The molecule has 0 aromatic heterocycles. The Balaban J connectivity index is 2.55. The zero-order valence-electron chi connectivity index (χ0n) is 10.1. The van der Waals surface area contributed by atoms with Crippen LogP contribution < -0.4 is 5.32 Å². The van der Waals surface area contributed by atoms with Crippen LogP contribution in [-0.2, 0) is 0 Å². The SMILES string of the molecule is Cc1cc(-c2cc(F)ccc2NC(=O)O)ccc1F. The Hall–Kier alpha value is -2.43. The molecule has 0 fully saturated rings. The Labute approximate surface area is 108 Å². The Bertz CT molecular complexity index is 641. The minimum Gasteiger partial charge on any atom is -0.465 e. The highest BCUT2D eigenvalue weighted by atomic mass is 19.1. The van der Waals surface area contributed by atoms with Gasteiger partial charge < -0.3 is 5.11 Å². The number of anilines is 1. The lowest BCUT2D eigenvalue weighted by atomic mass is 10.0. The molecule has 0 saturated heterocycles. The summed E-state index contributed by atoms with van der Waals surface area (Å²) in [5, 5.41) is 10.9. The van der Waals surface area contributed by atoms with Crippen molar-refractivity contribution < 1.29 is 18.7 Å². The second-order valence-electron chi connectivity index (χ2n) is 4.08. The summed E-state index contributed by atoms with van der Waals surface area (Å²) in [5.41, 5.74) is 1.57. The molecule has 5 heteroatoms.